The number of carbonyl (C=O) groups excluding carboxylic acids is 1. The van der Waals surface area contributed by atoms with E-state index in [1.807, 2.05) is 26.8 Å². The number of amides is 1. The Bertz CT molecular complexity index is 947. The molecule has 2 aromatic rings. The van der Waals surface area contributed by atoms with E-state index in [0.717, 1.165) is 55.1 Å². The molecule has 0 bridgehead atoms. The van der Waals surface area contributed by atoms with Gasteiger partial charge in [0.25, 0.3) is 11.5 Å². The van der Waals surface area contributed by atoms with Gasteiger partial charge in [0.15, 0.2) is 0 Å². The Labute approximate surface area is 180 Å². The first-order valence-corrected chi connectivity index (χ1v) is 11.1. The van der Waals surface area contributed by atoms with Gasteiger partial charge < -0.3 is 19.9 Å². The second kappa shape index (κ2) is 9.32. The lowest BCUT2D eigenvalue weighted by molar-refractivity contribution is 0.0846. The lowest BCUT2D eigenvalue weighted by Crippen LogP contribution is -2.39. The van der Waals surface area contributed by atoms with Crippen molar-refractivity contribution in [3.05, 3.63) is 48.0 Å². The van der Waals surface area contributed by atoms with Crippen LogP contribution in [0.15, 0.2) is 10.9 Å². The van der Waals surface area contributed by atoms with Gasteiger partial charge in [0, 0.05) is 43.6 Å². The van der Waals surface area contributed by atoms with Crippen LogP contribution in [0, 0.1) is 20.8 Å². The van der Waals surface area contributed by atoms with Crippen molar-refractivity contribution < 1.29 is 9.53 Å². The third-order valence-electron chi connectivity index (χ3n) is 5.46. The van der Waals surface area contributed by atoms with Crippen LogP contribution in [0.2, 0.25) is 4.34 Å². The zero-order chi connectivity index (χ0) is 21.1. The van der Waals surface area contributed by atoms with Gasteiger partial charge in [-0.25, -0.2) is 0 Å². The predicted octanol–water partition coefficient (Wildman–Crippen LogP) is 3.95. The van der Waals surface area contributed by atoms with Crippen molar-refractivity contribution in [3.63, 3.8) is 0 Å². The van der Waals surface area contributed by atoms with Gasteiger partial charge in [-0.1, -0.05) is 11.6 Å². The van der Waals surface area contributed by atoms with Crippen molar-refractivity contribution in [2.75, 3.05) is 24.7 Å². The normalized spacial score (nSPS) is 14.8. The number of nitrogens with one attached hydrogen (secondary N) is 2. The molecule has 2 aromatic heterocycles. The van der Waals surface area contributed by atoms with Crippen molar-refractivity contribution in [2.45, 2.75) is 53.1 Å². The SMILES string of the molecule is CCN(c1c(Cl)sc(C(=O)NCc2c(C)cc(C)[nH]c2=O)c1C)C1CCOCC1. The average Bonchev–Trinajstić information content (AvgIpc) is 2.97. The maximum absolute atomic E-state index is 12.9. The van der Waals surface area contributed by atoms with Gasteiger partial charge in [0.1, 0.15) is 4.34 Å². The highest BCUT2D eigenvalue weighted by Gasteiger charge is 2.28. The zero-order valence-corrected chi connectivity index (χ0v) is 18.9. The van der Waals surface area contributed by atoms with Crippen molar-refractivity contribution in [1.82, 2.24) is 10.3 Å². The number of pyridine rings is 1. The van der Waals surface area contributed by atoms with Crippen LogP contribution in [0.25, 0.3) is 0 Å². The van der Waals surface area contributed by atoms with E-state index in [2.05, 4.69) is 22.1 Å². The highest BCUT2D eigenvalue weighted by atomic mass is 35.5. The molecule has 0 unspecified atom stereocenters. The molecule has 0 saturated carbocycles. The number of nitrogens with zero attached hydrogens (tertiary/aromatic N) is 1. The Morgan fingerprint density at radius 2 is 2.03 bits per heavy atom. The number of anilines is 1. The fourth-order valence-corrected chi connectivity index (χ4v) is 5.40. The van der Waals surface area contributed by atoms with Crippen LogP contribution in [0.4, 0.5) is 5.69 Å². The van der Waals surface area contributed by atoms with Crippen molar-refractivity contribution in [3.8, 4) is 0 Å². The minimum absolute atomic E-state index is 0.166. The van der Waals surface area contributed by atoms with E-state index in [9.17, 15) is 9.59 Å². The number of halogens is 1. The first kappa shape index (κ1) is 21.9. The topological polar surface area (TPSA) is 74.4 Å². The summed E-state index contributed by atoms with van der Waals surface area (Å²) >= 11 is 7.88. The van der Waals surface area contributed by atoms with E-state index < -0.39 is 0 Å². The molecule has 3 rings (SSSR count). The number of hydrogen-bond acceptors (Lipinski definition) is 5. The van der Waals surface area contributed by atoms with Crippen molar-refractivity contribution in [1.29, 1.82) is 0 Å². The summed E-state index contributed by atoms with van der Waals surface area (Å²) in [6, 6.07) is 2.27. The molecule has 1 aliphatic rings. The number of thiophene rings is 1. The summed E-state index contributed by atoms with van der Waals surface area (Å²) in [5.74, 6) is -0.206. The lowest BCUT2D eigenvalue weighted by Gasteiger charge is -2.35. The van der Waals surface area contributed by atoms with Gasteiger partial charge in [-0.2, -0.15) is 0 Å². The quantitative estimate of drug-likeness (QED) is 0.717. The van der Waals surface area contributed by atoms with Crippen LogP contribution in [-0.4, -0.2) is 36.7 Å². The molecule has 0 radical (unpaired) electrons. The molecule has 1 saturated heterocycles. The molecular formula is C21H28ClN3O3S. The highest BCUT2D eigenvalue weighted by molar-refractivity contribution is 7.18. The fraction of sp³-hybridized carbons (Fsp3) is 0.524. The number of H-pyrrole nitrogens is 1. The van der Waals surface area contributed by atoms with Crippen LogP contribution in [-0.2, 0) is 11.3 Å². The molecule has 8 heteroatoms. The van der Waals surface area contributed by atoms with E-state index in [1.165, 1.54) is 11.3 Å². The summed E-state index contributed by atoms with van der Waals surface area (Å²) in [4.78, 5) is 30.7. The minimum atomic E-state index is -0.206. The molecule has 0 spiro atoms. The molecule has 1 amide bonds. The summed E-state index contributed by atoms with van der Waals surface area (Å²) in [6.45, 7) is 10.3. The number of aromatic amines is 1. The highest BCUT2D eigenvalue weighted by Crippen LogP contribution is 2.41. The summed E-state index contributed by atoms with van der Waals surface area (Å²) in [6.07, 6.45) is 1.91. The van der Waals surface area contributed by atoms with Crippen LogP contribution in [0.5, 0.6) is 0 Å². The Kier molecular flexibility index (Phi) is 7.03. The van der Waals surface area contributed by atoms with E-state index >= 15 is 0 Å². The predicted molar refractivity (Wildman–Crippen MR) is 119 cm³/mol. The molecular weight excluding hydrogens is 410 g/mol. The summed E-state index contributed by atoms with van der Waals surface area (Å²) < 4.78 is 6.12. The smallest absolute Gasteiger partial charge is 0.262 e. The number of hydrogen-bond donors (Lipinski definition) is 2. The standard InChI is InChI=1S/C21H28ClN3O3S/c1-5-25(15-6-8-28-9-7-15)17-14(4)18(29-19(17)22)21(27)23-11-16-12(2)10-13(3)24-20(16)26/h10,15H,5-9,11H2,1-4H3,(H,23,27)(H,24,26). The third-order valence-corrected chi connectivity index (χ3v) is 6.94. The number of aryl methyl sites for hydroxylation is 2. The zero-order valence-electron chi connectivity index (χ0n) is 17.4. The van der Waals surface area contributed by atoms with Crippen LogP contribution >= 0.6 is 22.9 Å². The van der Waals surface area contributed by atoms with E-state index in [4.69, 9.17) is 16.3 Å². The van der Waals surface area contributed by atoms with E-state index in [1.54, 1.807) is 0 Å². The number of carbonyl (C=O) groups is 1. The van der Waals surface area contributed by atoms with Crippen LogP contribution in [0.3, 0.4) is 0 Å². The first-order valence-electron chi connectivity index (χ1n) is 9.94. The third kappa shape index (κ3) is 4.68. The summed E-state index contributed by atoms with van der Waals surface area (Å²) in [5, 5.41) is 2.89. The average molecular weight is 438 g/mol. The molecule has 0 aliphatic carbocycles. The largest absolute Gasteiger partial charge is 0.381 e. The molecule has 6 nitrogen and oxygen atoms in total. The van der Waals surface area contributed by atoms with Crippen LogP contribution < -0.4 is 15.8 Å². The molecule has 0 atom stereocenters. The van der Waals surface area contributed by atoms with Gasteiger partial charge >= 0.3 is 0 Å². The Balaban J connectivity index is 1.80. The molecule has 1 aliphatic heterocycles. The van der Waals surface area contributed by atoms with Gasteiger partial charge in [-0.05, 0) is 57.7 Å². The van der Waals surface area contributed by atoms with Gasteiger partial charge in [0.05, 0.1) is 10.6 Å². The fourth-order valence-electron chi connectivity index (χ4n) is 3.96. The van der Waals surface area contributed by atoms with Gasteiger partial charge in [-0.15, -0.1) is 11.3 Å². The summed E-state index contributed by atoms with van der Waals surface area (Å²) in [7, 11) is 0. The first-order chi connectivity index (χ1) is 13.8. The summed E-state index contributed by atoms with van der Waals surface area (Å²) in [5.41, 5.74) is 3.91. The number of ether oxygens (including phenoxy) is 1. The van der Waals surface area contributed by atoms with Crippen molar-refractivity contribution >= 4 is 34.5 Å². The second-order valence-corrected chi connectivity index (χ2v) is 9.06. The maximum Gasteiger partial charge on any atom is 0.262 e. The van der Waals surface area contributed by atoms with Gasteiger partial charge in [-0.3, -0.25) is 9.59 Å². The Morgan fingerprint density at radius 1 is 1.34 bits per heavy atom. The second-order valence-electron chi connectivity index (χ2n) is 7.43. The number of rotatable bonds is 6. The van der Waals surface area contributed by atoms with E-state index in [0.29, 0.717) is 20.8 Å². The van der Waals surface area contributed by atoms with Gasteiger partial charge in [0.2, 0.25) is 0 Å². The van der Waals surface area contributed by atoms with Crippen LogP contribution in [0.1, 0.15) is 51.8 Å². The maximum atomic E-state index is 12.9. The monoisotopic (exact) mass is 437 g/mol. The van der Waals surface area contributed by atoms with E-state index in [-0.39, 0.29) is 18.0 Å². The lowest BCUT2D eigenvalue weighted by atomic mass is 10.1. The minimum Gasteiger partial charge on any atom is -0.381 e. The molecule has 29 heavy (non-hydrogen) atoms. The molecule has 3 heterocycles. The molecule has 1 fully saturated rings. The number of aromatic nitrogens is 1. The Hall–Kier alpha value is -1.83. The molecule has 158 valence electrons. The molecule has 2 N–H and O–H groups in total. The van der Waals surface area contributed by atoms with Crippen molar-refractivity contribution in [2.24, 2.45) is 0 Å². The Morgan fingerprint density at radius 3 is 2.66 bits per heavy atom. The molecule has 0 aromatic carbocycles.